The summed E-state index contributed by atoms with van der Waals surface area (Å²) in [5.74, 6) is 1.92. The number of amides is 1. The minimum absolute atomic E-state index is 0.194. The van der Waals surface area contributed by atoms with E-state index in [0.29, 0.717) is 42.9 Å². The Balaban J connectivity index is 1.36. The molecule has 0 bridgehead atoms. The van der Waals surface area contributed by atoms with Crippen LogP contribution in [0.1, 0.15) is 5.56 Å². The maximum Gasteiger partial charge on any atom is 0.244 e. The zero-order chi connectivity index (χ0) is 22.3. The van der Waals surface area contributed by atoms with Crippen LogP contribution in [0.4, 0.5) is 5.82 Å². The van der Waals surface area contributed by atoms with E-state index in [1.807, 2.05) is 24.5 Å². The average Bonchev–Trinajstić information content (AvgIpc) is 3.44. The summed E-state index contributed by atoms with van der Waals surface area (Å²) < 4.78 is 17.5. The molecule has 168 valence electrons. The first-order chi connectivity index (χ1) is 15.7. The molecular formula is C21H24N6O4S. The Labute approximate surface area is 189 Å². The molecule has 1 aliphatic heterocycles. The minimum Gasteiger partial charge on any atom is -0.454 e. The summed E-state index contributed by atoms with van der Waals surface area (Å²) in [4.78, 5) is 21.3. The normalized spacial score (nSPS) is 12.6. The number of carbonyl (C=O) groups excluding carboxylic acids is 1. The molecule has 0 aliphatic carbocycles. The van der Waals surface area contributed by atoms with Crippen molar-refractivity contribution in [3.05, 3.63) is 36.0 Å². The molecule has 2 N–H and O–H groups in total. The van der Waals surface area contributed by atoms with Crippen LogP contribution in [0.3, 0.4) is 0 Å². The third-order valence-electron chi connectivity index (χ3n) is 4.70. The number of thioether (sulfide) groups is 1. The van der Waals surface area contributed by atoms with Gasteiger partial charge in [0.1, 0.15) is 5.82 Å². The molecule has 32 heavy (non-hydrogen) atoms. The van der Waals surface area contributed by atoms with Crippen LogP contribution < -0.4 is 20.1 Å². The molecule has 3 aromatic rings. The van der Waals surface area contributed by atoms with Crippen LogP contribution in [0.2, 0.25) is 0 Å². The topological polar surface area (TPSA) is 112 Å². The maximum absolute atomic E-state index is 12.2. The van der Waals surface area contributed by atoms with Gasteiger partial charge in [-0.15, -0.1) is 0 Å². The Bertz CT molecular complexity index is 1130. The van der Waals surface area contributed by atoms with E-state index in [-0.39, 0.29) is 12.7 Å². The fourth-order valence-electron chi connectivity index (χ4n) is 3.13. The molecule has 2 aromatic heterocycles. The highest BCUT2D eigenvalue weighted by molar-refractivity contribution is 7.98. The van der Waals surface area contributed by atoms with Crippen LogP contribution >= 0.6 is 11.8 Å². The van der Waals surface area contributed by atoms with E-state index in [1.54, 1.807) is 24.1 Å². The van der Waals surface area contributed by atoms with Crippen LogP contribution in [0.5, 0.6) is 11.5 Å². The number of rotatable bonds is 10. The number of ether oxygens (including phenoxy) is 3. The molecule has 0 radical (unpaired) electrons. The van der Waals surface area contributed by atoms with Crippen LogP contribution in [0, 0.1) is 0 Å². The van der Waals surface area contributed by atoms with E-state index in [1.165, 1.54) is 17.8 Å². The molecule has 3 heterocycles. The van der Waals surface area contributed by atoms with E-state index < -0.39 is 0 Å². The number of carbonyl (C=O) groups is 1. The summed E-state index contributed by atoms with van der Waals surface area (Å²) in [7, 11) is 1.65. The Kier molecular flexibility index (Phi) is 7.07. The molecule has 0 fully saturated rings. The second-order valence-electron chi connectivity index (χ2n) is 6.82. The average molecular weight is 457 g/mol. The first kappa shape index (κ1) is 21.9. The molecular weight excluding hydrogens is 432 g/mol. The van der Waals surface area contributed by atoms with Gasteiger partial charge >= 0.3 is 0 Å². The molecule has 0 saturated heterocycles. The van der Waals surface area contributed by atoms with Gasteiger partial charge in [0.05, 0.1) is 24.7 Å². The number of nitrogens with one attached hydrogen (secondary N) is 2. The van der Waals surface area contributed by atoms with Crippen LogP contribution in [-0.2, 0) is 16.1 Å². The van der Waals surface area contributed by atoms with Gasteiger partial charge in [-0.1, -0.05) is 17.8 Å². The fourth-order valence-corrected chi connectivity index (χ4v) is 3.49. The lowest BCUT2D eigenvalue weighted by Crippen LogP contribution is -2.25. The lowest BCUT2D eigenvalue weighted by Gasteiger charge is -2.09. The van der Waals surface area contributed by atoms with Crippen molar-refractivity contribution < 1.29 is 19.0 Å². The molecule has 1 aliphatic rings. The molecule has 4 rings (SSSR count). The predicted molar refractivity (Wildman–Crippen MR) is 122 cm³/mol. The molecule has 1 aromatic carbocycles. The summed E-state index contributed by atoms with van der Waals surface area (Å²) in [5, 5.41) is 12.0. The van der Waals surface area contributed by atoms with Gasteiger partial charge in [-0.3, -0.25) is 4.79 Å². The third-order valence-corrected chi connectivity index (χ3v) is 5.25. The highest BCUT2D eigenvalue weighted by Gasteiger charge is 2.14. The van der Waals surface area contributed by atoms with E-state index in [0.717, 1.165) is 22.4 Å². The monoisotopic (exact) mass is 456 g/mol. The maximum atomic E-state index is 12.2. The SMILES string of the molecule is COCCNc1nc(SC)nc2c1cnn2CCNC(=O)/C=C\c1ccc2c(c1)OCO2. The number of anilines is 1. The number of fused-ring (bicyclic) bond motifs is 2. The van der Waals surface area contributed by atoms with Crippen molar-refractivity contribution in [2.75, 3.05) is 45.2 Å². The van der Waals surface area contributed by atoms with Gasteiger partial charge < -0.3 is 24.8 Å². The van der Waals surface area contributed by atoms with Crippen molar-refractivity contribution in [3.8, 4) is 11.5 Å². The van der Waals surface area contributed by atoms with Gasteiger partial charge in [0.15, 0.2) is 22.3 Å². The highest BCUT2D eigenvalue weighted by atomic mass is 32.2. The summed E-state index contributed by atoms with van der Waals surface area (Å²) in [5.41, 5.74) is 1.58. The van der Waals surface area contributed by atoms with E-state index >= 15 is 0 Å². The summed E-state index contributed by atoms with van der Waals surface area (Å²) in [6, 6.07) is 5.53. The van der Waals surface area contributed by atoms with Crippen molar-refractivity contribution in [1.29, 1.82) is 0 Å². The van der Waals surface area contributed by atoms with E-state index in [9.17, 15) is 4.79 Å². The van der Waals surface area contributed by atoms with Crippen LogP contribution in [0.15, 0.2) is 35.6 Å². The zero-order valence-electron chi connectivity index (χ0n) is 17.8. The number of benzene rings is 1. The predicted octanol–water partition coefficient (Wildman–Crippen LogP) is 2.16. The Morgan fingerprint density at radius 3 is 3.00 bits per heavy atom. The molecule has 1 amide bonds. The number of methoxy groups -OCH3 is 1. The number of aromatic nitrogens is 4. The highest BCUT2D eigenvalue weighted by Crippen LogP contribution is 2.32. The van der Waals surface area contributed by atoms with Crippen molar-refractivity contribution in [2.45, 2.75) is 11.7 Å². The third kappa shape index (κ3) is 5.11. The lowest BCUT2D eigenvalue weighted by molar-refractivity contribution is -0.116. The lowest BCUT2D eigenvalue weighted by atomic mass is 10.2. The zero-order valence-corrected chi connectivity index (χ0v) is 18.6. The van der Waals surface area contributed by atoms with Crippen LogP contribution in [0.25, 0.3) is 17.1 Å². The largest absolute Gasteiger partial charge is 0.454 e. The smallest absolute Gasteiger partial charge is 0.244 e. The van der Waals surface area contributed by atoms with Gasteiger partial charge in [-0.2, -0.15) is 5.10 Å². The first-order valence-corrected chi connectivity index (χ1v) is 11.3. The van der Waals surface area contributed by atoms with Crippen molar-refractivity contribution in [2.24, 2.45) is 0 Å². The van der Waals surface area contributed by atoms with Crippen molar-refractivity contribution in [3.63, 3.8) is 0 Å². The molecule has 0 atom stereocenters. The van der Waals surface area contributed by atoms with Gasteiger partial charge in [0.25, 0.3) is 0 Å². The van der Waals surface area contributed by atoms with Crippen molar-refractivity contribution >= 4 is 40.6 Å². The molecule has 0 unspecified atom stereocenters. The summed E-state index contributed by atoms with van der Waals surface area (Å²) in [6.45, 7) is 2.31. The Hall–Kier alpha value is -3.31. The molecule has 0 spiro atoms. The standard InChI is InChI=1S/C21H24N6O4S/c1-29-10-8-23-19-15-12-24-27(20(15)26-21(25-19)32-2)9-7-22-18(28)6-4-14-3-5-16-17(11-14)31-13-30-16/h3-6,11-12H,7-10,13H2,1-2H3,(H,22,28)(H,23,25,26)/b6-4-. The van der Waals surface area contributed by atoms with Crippen molar-refractivity contribution in [1.82, 2.24) is 25.1 Å². The summed E-state index contributed by atoms with van der Waals surface area (Å²) in [6.07, 6.45) is 6.88. The van der Waals surface area contributed by atoms with E-state index in [2.05, 4.69) is 25.7 Å². The van der Waals surface area contributed by atoms with Gasteiger partial charge in [0.2, 0.25) is 12.7 Å². The molecule has 10 nitrogen and oxygen atoms in total. The Morgan fingerprint density at radius 1 is 1.28 bits per heavy atom. The fraction of sp³-hybridized carbons (Fsp3) is 0.333. The minimum atomic E-state index is -0.194. The second kappa shape index (κ2) is 10.3. The quantitative estimate of drug-likeness (QED) is 0.205. The van der Waals surface area contributed by atoms with Gasteiger partial charge in [-0.25, -0.2) is 14.6 Å². The van der Waals surface area contributed by atoms with Gasteiger partial charge in [0, 0.05) is 26.3 Å². The molecule has 0 saturated carbocycles. The van der Waals surface area contributed by atoms with Gasteiger partial charge in [-0.05, 0) is 30.0 Å². The Morgan fingerprint density at radius 2 is 2.16 bits per heavy atom. The second-order valence-corrected chi connectivity index (χ2v) is 7.59. The van der Waals surface area contributed by atoms with E-state index in [4.69, 9.17) is 14.2 Å². The number of hydrogen-bond acceptors (Lipinski definition) is 9. The number of hydrogen-bond donors (Lipinski definition) is 2. The molecule has 11 heteroatoms. The summed E-state index contributed by atoms with van der Waals surface area (Å²) >= 11 is 1.46. The number of nitrogens with zero attached hydrogens (tertiary/aromatic N) is 4. The van der Waals surface area contributed by atoms with Crippen LogP contribution in [-0.4, -0.2) is 65.5 Å². The first-order valence-electron chi connectivity index (χ1n) is 10.0.